The van der Waals surface area contributed by atoms with Crippen LogP contribution in [0.4, 0.5) is 0 Å². The van der Waals surface area contributed by atoms with Gasteiger partial charge in [-0.3, -0.25) is 0 Å². The third-order valence-corrected chi connectivity index (χ3v) is 4.60. The van der Waals surface area contributed by atoms with Crippen LogP contribution in [0, 0.1) is 20.8 Å². The van der Waals surface area contributed by atoms with Crippen LogP contribution in [0.2, 0.25) is 0 Å². The molecule has 3 N–H and O–H groups in total. The standard InChI is InChI=1S/C11H13N5OS2/c1-5-4-18-11(13-5)19-10-8(9(12)16-17)6(2)7(3)14-15-10/h4,17H,1-3H3,(H2,12,16). The Morgan fingerprint density at radius 2 is 2.11 bits per heavy atom. The highest BCUT2D eigenvalue weighted by molar-refractivity contribution is 8.01. The van der Waals surface area contributed by atoms with Gasteiger partial charge >= 0.3 is 0 Å². The number of aryl methyl sites for hydroxylation is 2. The number of amidine groups is 1. The van der Waals surface area contributed by atoms with E-state index >= 15 is 0 Å². The van der Waals surface area contributed by atoms with E-state index in [-0.39, 0.29) is 5.84 Å². The van der Waals surface area contributed by atoms with Crippen molar-refractivity contribution in [2.45, 2.75) is 30.1 Å². The largest absolute Gasteiger partial charge is 0.409 e. The first-order valence-electron chi connectivity index (χ1n) is 5.44. The van der Waals surface area contributed by atoms with Crippen molar-refractivity contribution in [1.82, 2.24) is 15.2 Å². The maximum absolute atomic E-state index is 8.89. The van der Waals surface area contributed by atoms with Crippen LogP contribution < -0.4 is 5.73 Å². The first-order chi connectivity index (χ1) is 9.02. The van der Waals surface area contributed by atoms with Crippen molar-refractivity contribution in [2.75, 3.05) is 0 Å². The molecule has 19 heavy (non-hydrogen) atoms. The second-order valence-electron chi connectivity index (χ2n) is 3.93. The second-order valence-corrected chi connectivity index (χ2v) is 6.03. The van der Waals surface area contributed by atoms with E-state index < -0.39 is 0 Å². The number of rotatable bonds is 3. The molecule has 6 nitrogen and oxygen atoms in total. The molecular weight excluding hydrogens is 282 g/mol. The molecule has 2 aromatic rings. The van der Waals surface area contributed by atoms with E-state index in [1.807, 2.05) is 26.2 Å². The van der Waals surface area contributed by atoms with Crippen molar-refractivity contribution < 1.29 is 5.21 Å². The van der Waals surface area contributed by atoms with Crippen LogP contribution in [0.5, 0.6) is 0 Å². The lowest BCUT2D eigenvalue weighted by molar-refractivity contribution is 0.318. The fourth-order valence-electron chi connectivity index (χ4n) is 1.47. The van der Waals surface area contributed by atoms with E-state index in [4.69, 9.17) is 10.9 Å². The molecule has 0 aliphatic heterocycles. The molecule has 0 aromatic carbocycles. The van der Waals surface area contributed by atoms with Gasteiger partial charge in [-0.25, -0.2) is 4.98 Å². The zero-order chi connectivity index (χ0) is 14.0. The fourth-order valence-corrected chi connectivity index (χ4v) is 3.36. The van der Waals surface area contributed by atoms with Crippen LogP contribution in [0.15, 0.2) is 19.9 Å². The zero-order valence-corrected chi connectivity index (χ0v) is 12.3. The molecule has 2 aromatic heterocycles. The third kappa shape index (κ3) is 2.85. The van der Waals surface area contributed by atoms with Crippen LogP contribution >= 0.6 is 23.1 Å². The maximum atomic E-state index is 8.89. The molecule has 2 rings (SSSR count). The molecule has 0 aliphatic rings. The normalized spacial score (nSPS) is 11.8. The van der Waals surface area contributed by atoms with Gasteiger partial charge in [-0.05, 0) is 38.1 Å². The summed E-state index contributed by atoms with van der Waals surface area (Å²) in [7, 11) is 0. The van der Waals surface area contributed by atoms with Gasteiger partial charge in [-0.2, -0.15) is 5.10 Å². The van der Waals surface area contributed by atoms with Crippen LogP contribution in [0.1, 0.15) is 22.5 Å². The molecule has 0 bridgehead atoms. The van der Waals surface area contributed by atoms with Crippen molar-refractivity contribution in [2.24, 2.45) is 10.9 Å². The van der Waals surface area contributed by atoms with E-state index in [9.17, 15) is 0 Å². The number of hydrogen-bond acceptors (Lipinski definition) is 7. The summed E-state index contributed by atoms with van der Waals surface area (Å²) < 4.78 is 0.849. The summed E-state index contributed by atoms with van der Waals surface area (Å²) in [6.45, 7) is 5.63. The Hall–Kier alpha value is -1.67. The molecule has 2 heterocycles. The van der Waals surface area contributed by atoms with Gasteiger partial charge in [0.2, 0.25) is 0 Å². The second kappa shape index (κ2) is 5.54. The Kier molecular flexibility index (Phi) is 4.01. The van der Waals surface area contributed by atoms with E-state index in [2.05, 4.69) is 20.3 Å². The summed E-state index contributed by atoms with van der Waals surface area (Å²) in [6.07, 6.45) is 0. The topological polar surface area (TPSA) is 97.3 Å². The molecule has 0 radical (unpaired) electrons. The molecule has 0 saturated carbocycles. The van der Waals surface area contributed by atoms with Gasteiger partial charge in [-0.15, -0.1) is 16.4 Å². The number of nitrogens with zero attached hydrogens (tertiary/aromatic N) is 4. The monoisotopic (exact) mass is 295 g/mol. The Morgan fingerprint density at radius 1 is 1.37 bits per heavy atom. The molecule has 0 aliphatic carbocycles. The van der Waals surface area contributed by atoms with Crippen LogP contribution in [0.25, 0.3) is 0 Å². The Balaban J connectivity index is 2.48. The summed E-state index contributed by atoms with van der Waals surface area (Å²) in [4.78, 5) is 4.35. The maximum Gasteiger partial charge on any atom is 0.173 e. The summed E-state index contributed by atoms with van der Waals surface area (Å²) >= 11 is 2.89. The number of hydrogen-bond donors (Lipinski definition) is 2. The van der Waals surface area contributed by atoms with Gasteiger partial charge in [0.25, 0.3) is 0 Å². The van der Waals surface area contributed by atoms with Crippen molar-refractivity contribution in [3.8, 4) is 0 Å². The van der Waals surface area contributed by atoms with Gasteiger partial charge < -0.3 is 10.9 Å². The van der Waals surface area contributed by atoms with Crippen molar-refractivity contribution in [1.29, 1.82) is 0 Å². The van der Waals surface area contributed by atoms with Crippen molar-refractivity contribution in [3.05, 3.63) is 27.9 Å². The summed E-state index contributed by atoms with van der Waals surface area (Å²) in [5, 5.41) is 22.7. The van der Waals surface area contributed by atoms with E-state index in [0.717, 1.165) is 21.3 Å². The number of oxime groups is 1. The van der Waals surface area contributed by atoms with E-state index in [1.165, 1.54) is 23.1 Å². The van der Waals surface area contributed by atoms with Crippen molar-refractivity contribution in [3.63, 3.8) is 0 Å². The molecule has 0 atom stereocenters. The molecule has 0 amide bonds. The average molecular weight is 295 g/mol. The fraction of sp³-hybridized carbons (Fsp3) is 0.273. The lowest BCUT2D eigenvalue weighted by atomic mass is 10.1. The van der Waals surface area contributed by atoms with Gasteiger partial charge in [0, 0.05) is 11.1 Å². The molecule has 0 unspecified atom stereocenters. The highest BCUT2D eigenvalue weighted by Gasteiger charge is 2.17. The van der Waals surface area contributed by atoms with Crippen LogP contribution in [0.3, 0.4) is 0 Å². The molecule has 0 spiro atoms. The van der Waals surface area contributed by atoms with Gasteiger partial charge in [0.05, 0.1) is 11.3 Å². The number of thiazole rings is 1. The SMILES string of the molecule is Cc1csc(Sc2nnc(C)c(C)c2/C(N)=N/O)n1. The summed E-state index contributed by atoms with van der Waals surface area (Å²) in [5.41, 5.74) is 8.88. The minimum atomic E-state index is 0.0336. The quantitative estimate of drug-likeness (QED) is 0.389. The van der Waals surface area contributed by atoms with Gasteiger partial charge in [-0.1, -0.05) is 5.16 Å². The highest BCUT2D eigenvalue weighted by Crippen LogP contribution is 2.32. The molecular formula is C11H13N5OS2. The Bertz CT molecular complexity index is 638. The Morgan fingerprint density at radius 3 is 2.68 bits per heavy atom. The molecule has 0 fully saturated rings. The lowest BCUT2D eigenvalue weighted by Gasteiger charge is -2.09. The van der Waals surface area contributed by atoms with Crippen LogP contribution in [-0.4, -0.2) is 26.2 Å². The Labute approximate surface area is 118 Å². The summed E-state index contributed by atoms with van der Waals surface area (Å²) in [5.74, 6) is 0.0336. The predicted octanol–water partition coefficient (Wildman–Crippen LogP) is 2.10. The van der Waals surface area contributed by atoms with Gasteiger partial charge in [0.1, 0.15) is 5.03 Å². The highest BCUT2D eigenvalue weighted by atomic mass is 32.2. The van der Waals surface area contributed by atoms with Crippen molar-refractivity contribution >= 4 is 28.9 Å². The zero-order valence-electron chi connectivity index (χ0n) is 10.7. The van der Waals surface area contributed by atoms with Gasteiger partial charge in [0.15, 0.2) is 10.2 Å². The average Bonchev–Trinajstić information content (AvgIpc) is 2.79. The minimum absolute atomic E-state index is 0.0336. The third-order valence-electron chi connectivity index (χ3n) is 2.57. The molecule has 100 valence electrons. The molecule has 8 heteroatoms. The first-order valence-corrected chi connectivity index (χ1v) is 7.14. The number of nitrogens with two attached hydrogens (primary N) is 1. The lowest BCUT2D eigenvalue weighted by Crippen LogP contribution is -2.18. The predicted molar refractivity (Wildman–Crippen MR) is 75.0 cm³/mol. The molecule has 0 saturated heterocycles. The van der Waals surface area contributed by atoms with Crippen LogP contribution in [-0.2, 0) is 0 Å². The number of aromatic nitrogens is 3. The van der Waals surface area contributed by atoms with E-state index in [1.54, 1.807) is 0 Å². The first kappa shape index (κ1) is 13.8. The smallest absolute Gasteiger partial charge is 0.173 e. The summed E-state index contributed by atoms with van der Waals surface area (Å²) in [6, 6.07) is 0. The van der Waals surface area contributed by atoms with E-state index in [0.29, 0.717) is 10.6 Å². The minimum Gasteiger partial charge on any atom is -0.409 e.